The third-order valence-electron chi connectivity index (χ3n) is 5.16. The first-order valence-corrected chi connectivity index (χ1v) is 10.1. The normalized spacial score (nSPS) is 17.3. The van der Waals surface area contributed by atoms with Crippen molar-refractivity contribution in [3.63, 3.8) is 0 Å². The summed E-state index contributed by atoms with van der Waals surface area (Å²) in [6.45, 7) is 3.71. The Morgan fingerprint density at radius 2 is 2.00 bits per heavy atom. The molecule has 0 spiro atoms. The van der Waals surface area contributed by atoms with Crippen molar-refractivity contribution < 1.29 is 4.74 Å². The summed E-state index contributed by atoms with van der Waals surface area (Å²) in [5.74, 6) is 1.79. The Balaban J connectivity index is 1.63. The van der Waals surface area contributed by atoms with Gasteiger partial charge in [-0.15, -0.1) is 0 Å². The molecule has 3 nitrogen and oxygen atoms in total. The fourth-order valence-corrected chi connectivity index (χ4v) is 4.08. The van der Waals surface area contributed by atoms with Crippen LogP contribution in [0.1, 0.15) is 31.7 Å². The lowest BCUT2D eigenvalue weighted by molar-refractivity contribution is 0.309. The average molecular weight is 401 g/mol. The van der Waals surface area contributed by atoms with Gasteiger partial charge in [0.05, 0.1) is 0 Å². The SMILES string of the molecule is CC1CCCCN1c1ccc2cccc(OCc3ccc(Cl)cc3Cl)c2n1. The zero-order valence-corrected chi connectivity index (χ0v) is 16.8. The van der Waals surface area contributed by atoms with Gasteiger partial charge in [-0.05, 0) is 56.5 Å². The van der Waals surface area contributed by atoms with Gasteiger partial charge in [-0.1, -0.05) is 41.4 Å². The predicted octanol–water partition coefficient (Wildman–Crippen LogP) is 6.50. The maximum Gasteiger partial charge on any atom is 0.146 e. The third-order valence-corrected chi connectivity index (χ3v) is 5.75. The molecular formula is C22H22Cl2N2O. The molecule has 0 aliphatic carbocycles. The number of nitrogens with zero attached hydrogens (tertiary/aromatic N) is 2. The number of piperidine rings is 1. The predicted molar refractivity (Wildman–Crippen MR) is 113 cm³/mol. The van der Waals surface area contributed by atoms with Crippen LogP contribution in [-0.4, -0.2) is 17.6 Å². The van der Waals surface area contributed by atoms with Crippen molar-refractivity contribution in [2.24, 2.45) is 0 Å². The third kappa shape index (κ3) is 3.99. The fourth-order valence-electron chi connectivity index (χ4n) is 3.62. The number of halogens is 2. The van der Waals surface area contributed by atoms with E-state index in [1.54, 1.807) is 6.07 Å². The molecular weight excluding hydrogens is 379 g/mol. The number of rotatable bonds is 4. The lowest BCUT2D eigenvalue weighted by atomic mass is 10.0. The summed E-state index contributed by atoms with van der Waals surface area (Å²) in [5.41, 5.74) is 1.79. The summed E-state index contributed by atoms with van der Waals surface area (Å²) in [7, 11) is 0. The number of ether oxygens (including phenoxy) is 1. The van der Waals surface area contributed by atoms with Gasteiger partial charge in [0, 0.05) is 33.6 Å². The number of benzene rings is 2. The molecule has 5 heteroatoms. The first kappa shape index (κ1) is 18.4. The Morgan fingerprint density at radius 1 is 1.11 bits per heavy atom. The molecule has 2 heterocycles. The molecule has 1 atom stereocenters. The molecule has 1 aromatic heterocycles. The van der Waals surface area contributed by atoms with Crippen LogP contribution in [-0.2, 0) is 6.61 Å². The van der Waals surface area contributed by atoms with Crippen LogP contribution < -0.4 is 9.64 Å². The fraction of sp³-hybridized carbons (Fsp3) is 0.318. The van der Waals surface area contributed by atoms with Gasteiger partial charge in [-0.3, -0.25) is 0 Å². The highest BCUT2D eigenvalue weighted by Crippen LogP contribution is 2.30. The molecule has 3 aromatic rings. The van der Waals surface area contributed by atoms with Crippen molar-refractivity contribution in [3.05, 3.63) is 64.1 Å². The standard InChI is InChI=1S/C22H22Cl2N2O/c1-15-5-2-3-12-26(15)21-11-9-16-6-4-7-20(22(16)25-21)27-14-17-8-10-18(23)13-19(17)24/h4,6-11,13,15H,2-3,5,12,14H2,1H3. The highest BCUT2D eigenvalue weighted by molar-refractivity contribution is 6.35. The zero-order valence-electron chi connectivity index (χ0n) is 15.3. The lowest BCUT2D eigenvalue weighted by Gasteiger charge is -2.34. The molecule has 1 saturated heterocycles. The minimum Gasteiger partial charge on any atom is -0.487 e. The van der Waals surface area contributed by atoms with Crippen molar-refractivity contribution >= 4 is 39.9 Å². The molecule has 27 heavy (non-hydrogen) atoms. The molecule has 1 fully saturated rings. The van der Waals surface area contributed by atoms with Gasteiger partial charge in [0.25, 0.3) is 0 Å². The number of fused-ring (bicyclic) bond motifs is 1. The summed E-state index contributed by atoms with van der Waals surface area (Å²) in [6.07, 6.45) is 3.73. The number of hydrogen-bond acceptors (Lipinski definition) is 3. The summed E-state index contributed by atoms with van der Waals surface area (Å²) in [4.78, 5) is 7.34. The summed E-state index contributed by atoms with van der Waals surface area (Å²) in [6, 6.07) is 16.2. The zero-order chi connectivity index (χ0) is 18.8. The Bertz CT molecular complexity index is 960. The van der Waals surface area contributed by atoms with E-state index in [1.165, 1.54) is 19.3 Å². The van der Waals surface area contributed by atoms with E-state index in [1.807, 2.05) is 24.3 Å². The average Bonchev–Trinajstić information content (AvgIpc) is 2.67. The van der Waals surface area contributed by atoms with Crippen LogP contribution in [0.15, 0.2) is 48.5 Å². The Kier molecular flexibility index (Phi) is 5.42. The maximum atomic E-state index is 6.27. The quantitative estimate of drug-likeness (QED) is 0.499. The Labute approximate surface area is 169 Å². The van der Waals surface area contributed by atoms with Crippen LogP contribution in [0.2, 0.25) is 10.0 Å². The maximum absolute atomic E-state index is 6.27. The number of para-hydroxylation sites is 1. The molecule has 0 radical (unpaired) electrons. The Hall–Kier alpha value is -1.97. The Morgan fingerprint density at radius 3 is 2.81 bits per heavy atom. The highest BCUT2D eigenvalue weighted by atomic mass is 35.5. The van der Waals surface area contributed by atoms with Crippen LogP contribution >= 0.6 is 23.2 Å². The topological polar surface area (TPSA) is 25.4 Å². The monoisotopic (exact) mass is 400 g/mol. The second-order valence-electron chi connectivity index (χ2n) is 7.06. The van der Waals surface area contributed by atoms with Gasteiger partial charge < -0.3 is 9.64 Å². The molecule has 2 aromatic carbocycles. The van der Waals surface area contributed by atoms with Crippen LogP contribution in [0, 0.1) is 0 Å². The second-order valence-corrected chi connectivity index (χ2v) is 7.90. The molecule has 1 unspecified atom stereocenters. The van der Waals surface area contributed by atoms with Crippen LogP contribution in [0.25, 0.3) is 10.9 Å². The van der Waals surface area contributed by atoms with Gasteiger partial charge in [-0.2, -0.15) is 0 Å². The largest absolute Gasteiger partial charge is 0.487 e. The van der Waals surface area contributed by atoms with E-state index in [0.29, 0.717) is 22.7 Å². The summed E-state index contributed by atoms with van der Waals surface area (Å²) >= 11 is 12.2. The van der Waals surface area contributed by atoms with E-state index in [0.717, 1.165) is 34.6 Å². The molecule has 0 N–H and O–H groups in total. The van der Waals surface area contributed by atoms with Crippen LogP contribution in [0.3, 0.4) is 0 Å². The van der Waals surface area contributed by atoms with E-state index >= 15 is 0 Å². The number of anilines is 1. The highest BCUT2D eigenvalue weighted by Gasteiger charge is 2.20. The van der Waals surface area contributed by atoms with Gasteiger partial charge in [0.2, 0.25) is 0 Å². The van der Waals surface area contributed by atoms with E-state index in [2.05, 4.69) is 30.0 Å². The van der Waals surface area contributed by atoms with E-state index in [9.17, 15) is 0 Å². The molecule has 0 amide bonds. The molecule has 4 rings (SSSR count). The number of aromatic nitrogens is 1. The lowest BCUT2D eigenvalue weighted by Crippen LogP contribution is -2.37. The van der Waals surface area contributed by atoms with Crippen molar-refractivity contribution in [2.75, 3.05) is 11.4 Å². The minimum absolute atomic E-state index is 0.376. The van der Waals surface area contributed by atoms with E-state index in [4.69, 9.17) is 32.9 Å². The van der Waals surface area contributed by atoms with Crippen LogP contribution in [0.5, 0.6) is 5.75 Å². The first-order valence-electron chi connectivity index (χ1n) is 9.35. The van der Waals surface area contributed by atoms with Crippen molar-refractivity contribution in [1.82, 2.24) is 4.98 Å². The summed E-state index contributed by atoms with van der Waals surface area (Å²) < 4.78 is 6.09. The molecule has 0 bridgehead atoms. The minimum atomic E-state index is 0.376. The smallest absolute Gasteiger partial charge is 0.146 e. The van der Waals surface area contributed by atoms with Crippen molar-refractivity contribution in [3.8, 4) is 5.75 Å². The van der Waals surface area contributed by atoms with Gasteiger partial charge >= 0.3 is 0 Å². The molecule has 0 saturated carbocycles. The van der Waals surface area contributed by atoms with Crippen molar-refractivity contribution in [2.45, 2.75) is 38.8 Å². The number of pyridine rings is 1. The van der Waals surface area contributed by atoms with E-state index < -0.39 is 0 Å². The summed E-state index contributed by atoms with van der Waals surface area (Å²) in [5, 5.41) is 2.30. The van der Waals surface area contributed by atoms with Gasteiger partial charge in [0.1, 0.15) is 23.7 Å². The van der Waals surface area contributed by atoms with Gasteiger partial charge in [-0.25, -0.2) is 4.98 Å². The van der Waals surface area contributed by atoms with Crippen LogP contribution in [0.4, 0.5) is 5.82 Å². The van der Waals surface area contributed by atoms with Gasteiger partial charge in [0.15, 0.2) is 0 Å². The number of hydrogen-bond donors (Lipinski definition) is 0. The van der Waals surface area contributed by atoms with E-state index in [-0.39, 0.29) is 0 Å². The van der Waals surface area contributed by atoms with Crippen molar-refractivity contribution in [1.29, 1.82) is 0 Å². The molecule has 140 valence electrons. The second kappa shape index (κ2) is 7.95. The molecule has 1 aliphatic rings. The molecule has 1 aliphatic heterocycles. The first-order chi connectivity index (χ1) is 13.1.